The summed E-state index contributed by atoms with van der Waals surface area (Å²) in [4.78, 5) is 28.0. The molecule has 21 heavy (non-hydrogen) atoms. The zero-order chi connectivity index (χ0) is 16.2. The first-order valence-corrected chi connectivity index (χ1v) is 6.80. The highest BCUT2D eigenvalue weighted by molar-refractivity contribution is 6.08. The van der Waals surface area contributed by atoms with E-state index in [1.165, 1.54) is 6.20 Å². The molecule has 0 aliphatic rings. The van der Waals surface area contributed by atoms with E-state index in [1.807, 2.05) is 0 Å². The molecule has 0 fully saturated rings. The number of imide groups is 1. The Balaban J connectivity index is 3.06. The van der Waals surface area contributed by atoms with Crippen molar-refractivity contribution < 1.29 is 19.4 Å². The van der Waals surface area contributed by atoms with E-state index in [9.17, 15) is 14.7 Å². The number of pyridine rings is 1. The van der Waals surface area contributed by atoms with Crippen molar-refractivity contribution in [2.24, 2.45) is 5.92 Å². The monoisotopic (exact) mass is 294 g/mol. The second-order valence-electron chi connectivity index (χ2n) is 6.25. The van der Waals surface area contributed by atoms with Crippen molar-refractivity contribution in [3.63, 3.8) is 0 Å². The Morgan fingerprint density at radius 2 is 1.95 bits per heavy atom. The molecule has 1 aromatic rings. The Hall–Kier alpha value is -2.11. The first-order valence-electron chi connectivity index (χ1n) is 6.80. The van der Waals surface area contributed by atoms with Crippen LogP contribution in [0.2, 0.25) is 0 Å². The van der Waals surface area contributed by atoms with Gasteiger partial charge in [-0.05, 0) is 44.7 Å². The van der Waals surface area contributed by atoms with E-state index in [1.54, 1.807) is 33.0 Å². The number of ether oxygens (including phenoxy) is 1. The minimum atomic E-state index is -1.40. The summed E-state index contributed by atoms with van der Waals surface area (Å²) in [7, 11) is 0. The quantitative estimate of drug-likeness (QED) is 0.919. The van der Waals surface area contributed by atoms with Gasteiger partial charge in [0.1, 0.15) is 5.60 Å². The molecule has 6 heteroatoms. The third-order valence-electron chi connectivity index (χ3n) is 2.45. The minimum absolute atomic E-state index is 0.190. The van der Waals surface area contributed by atoms with Gasteiger partial charge in [0.05, 0.1) is 11.9 Å². The fraction of sp³-hybridized carbons (Fsp3) is 0.533. The van der Waals surface area contributed by atoms with Crippen molar-refractivity contribution in [1.29, 1.82) is 0 Å². The molecule has 0 unspecified atom stereocenters. The zero-order valence-corrected chi connectivity index (χ0v) is 13.1. The normalized spacial score (nSPS) is 11.3. The summed E-state index contributed by atoms with van der Waals surface area (Å²) >= 11 is 0. The van der Waals surface area contributed by atoms with Crippen molar-refractivity contribution >= 4 is 17.9 Å². The van der Waals surface area contributed by atoms with Crippen LogP contribution in [-0.2, 0) is 11.2 Å². The smallest absolute Gasteiger partial charge is 0.424 e. The van der Waals surface area contributed by atoms with Crippen LogP contribution >= 0.6 is 0 Å². The highest BCUT2D eigenvalue weighted by Crippen LogP contribution is 2.20. The summed E-state index contributed by atoms with van der Waals surface area (Å²) < 4.78 is 5.11. The summed E-state index contributed by atoms with van der Waals surface area (Å²) in [5.41, 5.74) is 0.292. The van der Waals surface area contributed by atoms with Crippen molar-refractivity contribution in [2.75, 3.05) is 4.90 Å². The van der Waals surface area contributed by atoms with Crippen LogP contribution in [0.4, 0.5) is 15.3 Å². The highest BCUT2D eigenvalue weighted by atomic mass is 16.6. The van der Waals surface area contributed by atoms with Crippen LogP contribution in [-0.4, -0.2) is 27.9 Å². The van der Waals surface area contributed by atoms with Gasteiger partial charge in [0.2, 0.25) is 0 Å². The molecule has 0 saturated carbocycles. The van der Waals surface area contributed by atoms with E-state index in [0.29, 0.717) is 10.8 Å². The topological polar surface area (TPSA) is 79.7 Å². The van der Waals surface area contributed by atoms with E-state index in [-0.39, 0.29) is 5.69 Å². The van der Waals surface area contributed by atoms with Gasteiger partial charge in [-0.2, -0.15) is 4.90 Å². The third-order valence-corrected chi connectivity index (χ3v) is 2.45. The van der Waals surface area contributed by atoms with E-state index >= 15 is 0 Å². The van der Waals surface area contributed by atoms with Crippen LogP contribution < -0.4 is 4.90 Å². The number of hydrogen-bond donors (Lipinski definition) is 1. The maximum Gasteiger partial charge on any atom is 0.424 e. The second kappa shape index (κ2) is 6.56. The van der Waals surface area contributed by atoms with Gasteiger partial charge in [-0.1, -0.05) is 13.8 Å². The van der Waals surface area contributed by atoms with Gasteiger partial charge in [-0.15, -0.1) is 0 Å². The van der Waals surface area contributed by atoms with Gasteiger partial charge in [0.25, 0.3) is 0 Å². The molecule has 6 nitrogen and oxygen atoms in total. The summed E-state index contributed by atoms with van der Waals surface area (Å²) in [6, 6.07) is 1.64. The molecule has 0 bridgehead atoms. The second-order valence-corrected chi connectivity index (χ2v) is 6.25. The molecule has 0 aliphatic carbocycles. The zero-order valence-electron chi connectivity index (χ0n) is 13.1. The standard InChI is InChI=1S/C15H22N2O4/c1-10(2)6-11-7-12(9-16-8-11)17(13(18)19)14(20)21-15(3,4)5/h7-10H,6H2,1-5H3,(H,18,19). The predicted octanol–water partition coefficient (Wildman–Crippen LogP) is 3.70. The maximum absolute atomic E-state index is 12.0. The Morgan fingerprint density at radius 1 is 1.33 bits per heavy atom. The number of rotatable bonds is 3. The average molecular weight is 294 g/mol. The molecule has 0 aliphatic heterocycles. The Labute approximate surface area is 124 Å². The Morgan fingerprint density at radius 3 is 2.43 bits per heavy atom. The van der Waals surface area contributed by atoms with Gasteiger partial charge < -0.3 is 9.84 Å². The molecule has 0 aromatic carbocycles. The van der Waals surface area contributed by atoms with Crippen molar-refractivity contribution in [2.45, 2.75) is 46.6 Å². The highest BCUT2D eigenvalue weighted by Gasteiger charge is 2.28. The molecule has 1 N–H and O–H groups in total. The van der Waals surface area contributed by atoms with Gasteiger partial charge in [0.15, 0.2) is 0 Å². The number of amides is 2. The number of aromatic nitrogens is 1. The van der Waals surface area contributed by atoms with Crippen LogP contribution in [0.25, 0.3) is 0 Å². The summed E-state index contributed by atoms with van der Waals surface area (Å²) in [6.07, 6.45) is 1.43. The molecule has 0 radical (unpaired) electrons. The molecule has 116 valence electrons. The lowest BCUT2D eigenvalue weighted by Crippen LogP contribution is -2.40. The predicted molar refractivity (Wildman–Crippen MR) is 79.5 cm³/mol. The average Bonchev–Trinajstić information content (AvgIpc) is 2.25. The number of carboxylic acid groups (broad SMARTS) is 1. The lowest BCUT2D eigenvalue weighted by atomic mass is 10.0. The van der Waals surface area contributed by atoms with Crippen LogP contribution in [0.3, 0.4) is 0 Å². The van der Waals surface area contributed by atoms with E-state index < -0.39 is 17.8 Å². The summed E-state index contributed by atoms with van der Waals surface area (Å²) in [6.45, 7) is 9.14. The Bertz CT molecular complexity index is 521. The SMILES string of the molecule is CC(C)Cc1cncc(N(C(=O)O)C(=O)OC(C)(C)C)c1. The summed E-state index contributed by atoms with van der Waals surface area (Å²) in [5.74, 6) is 0.404. The first kappa shape index (κ1) is 16.9. The molecular weight excluding hydrogens is 272 g/mol. The van der Waals surface area contributed by atoms with Crippen molar-refractivity contribution in [3.05, 3.63) is 24.0 Å². The summed E-state index contributed by atoms with van der Waals surface area (Å²) in [5, 5.41) is 9.26. The van der Waals surface area contributed by atoms with Gasteiger partial charge in [-0.3, -0.25) is 4.98 Å². The van der Waals surface area contributed by atoms with Crippen molar-refractivity contribution in [3.8, 4) is 0 Å². The molecule has 1 heterocycles. The van der Waals surface area contributed by atoms with Gasteiger partial charge in [0, 0.05) is 6.20 Å². The molecule has 2 amide bonds. The fourth-order valence-corrected chi connectivity index (χ4v) is 1.78. The lowest BCUT2D eigenvalue weighted by Gasteiger charge is -2.24. The Kier molecular flexibility index (Phi) is 5.29. The van der Waals surface area contributed by atoms with Gasteiger partial charge in [-0.25, -0.2) is 9.59 Å². The fourth-order valence-electron chi connectivity index (χ4n) is 1.78. The first-order chi connectivity index (χ1) is 9.60. The largest absolute Gasteiger partial charge is 0.464 e. The van der Waals surface area contributed by atoms with E-state index in [0.717, 1.165) is 12.0 Å². The molecule has 0 atom stereocenters. The minimum Gasteiger partial charge on any atom is -0.464 e. The molecular formula is C15H22N2O4. The number of carbonyl (C=O) groups is 2. The number of anilines is 1. The van der Waals surface area contributed by atoms with Crippen molar-refractivity contribution in [1.82, 2.24) is 4.98 Å². The number of hydrogen-bond acceptors (Lipinski definition) is 4. The van der Waals surface area contributed by atoms with Crippen LogP contribution in [0.1, 0.15) is 40.2 Å². The maximum atomic E-state index is 12.0. The lowest BCUT2D eigenvalue weighted by molar-refractivity contribution is 0.0582. The molecule has 0 spiro atoms. The van der Waals surface area contributed by atoms with Gasteiger partial charge >= 0.3 is 12.2 Å². The van der Waals surface area contributed by atoms with Crippen LogP contribution in [0.5, 0.6) is 0 Å². The number of nitrogens with zero attached hydrogens (tertiary/aromatic N) is 2. The molecule has 1 aromatic heterocycles. The van der Waals surface area contributed by atoms with E-state index in [2.05, 4.69) is 18.8 Å². The molecule has 0 saturated heterocycles. The molecule has 1 rings (SSSR count). The van der Waals surface area contributed by atoms with Crippen LogP contribution in [0, 0.1) is 5.92 Å². The third kappa shape index (κ3) is 5.41. The number of carbonyl (C=O) groups excluding carboxylic acids is 1. The van der Waals surface area contributed by atoms with E-state index in [4.69, 9.17) is 4.74 Å². The van der Waals surface area contributed by atoms with Crippen LogP contribution in [0.15, 0.2) is 18.5 Å².